The molecule has 0 spiro atoms. The Morgan fingerprint density at radius 2 is 1.92 bits per heavy atom. The fourth-order valence-corrected chi connectivity index (χ4v) is 2.76. The summed E-state index contributed by atoms with van der Waals surface area (Å²) in [5, 5.41) is 10.2. The molecule has 5 heteroatoms. The Morgan fingerprint density at radius 1 is 1.16 bits per heavy atom. The first-order valence-electron chi connectivity index (χ1n) is 8.64. The van der Waals surface area contributed by atoms with Gasteiger partial charge in [0.25, 0.3) is 0 Å². The second kappa shape index (κ2) is 8.65. The molecule has 0 saturated carbocycles. The van der Waals surface area contributed by atoms with Crippen molar-refractivity contribution in [3.8, 4) is 11.5 Å². The molecule has 0 atom stereocenters. The number of aliphatic imine (C=N–C) groups is 1. The summed E-state index contributed by atoms with van der Waals surface area (Å²) in [7, 11) is 0. The molecule has 2 aromatic rings. The molecule has 1 fully saturated rings. The fraction of sp³-hybridized carbons (Fsp3) is 0.350. The lowest BCUT2D eigenvalue weighted by molar-refractivity contribution is 0.0342. The second-order valence-electron chi connectivity index (χ2n) is 5.94. The van der Waals surface area contributed by atoms with Crippen LogP contribution in [0.4, 0.5) is 5.69 Å². The Labute approximate surface area is 148 Å². The minimum Gasteiger partial charge on any atom is -0.504 e. The first-order valence-corrected chi connectivity index (χ1v) is 8.64. The molecule has 1 aliphatic rings. The lowest BCUT2D eigenvalue weighted by Gasteiger charge is -2.26. The molecule has 1 aliphatic heterocycles. The molecule has 2 aromatic carbocycles. The third-order valence-corrected chi connectivity index (χ3v) is 4.13. The van der Waals surface area contributed by atoms with Gasteiger partial charge in [-0.05, 0) is 36.8 Å². The number of aromatic hydroxyl groups is 1. The van der Waals surface area contributed by atoms with Crippen molar-refractivity contribution in [2.75, 3.05) is 32.9 Å². The number of ether oxygens (including phenoxy) is 2. The molecular weight excluding hydrogens is 316 g/mol. The minimum absolute atomic E-state index is 0.122. The molecule has 132 valence electrons. The van der Waals surface area contributed by atoms with Crippen LogP contribution in [0, 0.1) is 0 Å². The summed E-state index contributed by atoms with van der Waals surface area (Å²) in [6.45, 7) is 6.92. The van der Waals surface area contributed by atoms with E-state index in [0.717, 1.165) is 38.5 Å². The molecule has 0 amide bonds. The predicted molar refractivity (Wildman–Crippen MR) is 99.1 cm³/mol. The normalized spacial score (nSPS) is 15.6. The zero-order chi connectivity index (χ0) is 17.5. The number of hydrogen-bond acceptors (Lipinski definition) is 5. The molecule has 25 heavy (non-hydrogen) atoms. The minimum atomic E-state index is 0.122. The van der Waals surface area contributed by atoms with Gasteiger partial charge in [-0.15, -0.1) is 0 Å². The summed E-state index contributed by atoms with van der Waals surface area (Å²) in [4.78, 5) is 6.84. The van der Waals surface area contributed by atoms with E-state index in [-0.39, 0.29) is 5.75 Å². The number of benzene rings is 2. The third kappa shape index (κ3) is 4.81. The van der Waals surface area contributed by atoms with Crippen LogP contribution in [0.5, 0.6) is 11.5 Å². The number of phenolic OH excluding ortho intramolecular Hbond substituents is 1. The Balaban J connectivity index is 1.65. The largest absolute Gasteiger partial charge is 0.504 e. The van der Waals surface area contributed by atoms with Gasteiger partial charge in [-0.3, -0.25) is 9.89 Å². The van der Waals surface area contributed by atoms with Crippen LogP contribution >= 0.6 is 0 Å². The van der Waals surface area contributed by atoms with Gasteiger partial charge in [0, 0.05) is 31.4 Å². The van der Waals surface area contributed by atoms with Crippen molar-refractivity contribution in [3.63, 3.8) is 0 Å². The van der Waals surface area contributed by atoms with Gasteiger partial charge in [-0.2, -0.15) is 0 Å². The van der Waals surface area contributed by atoms with E-state index < -0.39 is 0 Å². The van der Waals surface area contributed by atoms with Crippen LogP contribution in [0.15, 0.2) is 47.5 Å². The molecule has 1 heterocycles. The van der Waals surface area contributed by atoms with E-state index in [9.17, 15) is 5.11 Å². The predicted octanol–water partition coefficient (Wildman–Crippen LogP) is 3.37. The highest BCUT2D eigenvalue weighted by Crippen LogP contribution is 2.29. The van der Waals surface area contributed by atoms with Crippen LogP contribution in [0.1, 0.15) is 18.1 Å². The van der Waals surface area contributed by atoms with Crippen molar-refractivity contribution in [1.82, 2.24) is 4.90 Å². The first kappa shape index (κ1) is 17.5. The molecule has 0 aliphatic carbocycles. The molecular formula is C20H24N2O3. The van der Waals surface area contributed by atoms with E-state index in [2.05, 4.69) is 22.0 Å². The molecule has 3 rings (SSSR count). The van der Waals surface area contributed by atoms with Gasteiger partial charge >= 0.3 is 0 Å². The van der Waals surface area contributed by atoms with Gasteiger partial charge in [0.2, 0.25) is 0 Å². The summed E-state index contributed by atoms with van der Waals surface area (Å²) in [5.74, 6) is 0.601. The SMILES string of the molecule is CCOc1cccc(C=Nc2ccc(CN3CCOCC3)cc2)c1O. The number of phenols is 1. The summed E-state index contributed by atoms with van der Waals surface area (Å²) in [5.41, 5.74) is 2.76. The van der Waals surface area contributed by atoms with Crippen LogP contribution in [0.2, 0.25) is 0 Å². The molecule has 1 saturated heterocycles. The number of hydrogen-bond donors (Lipinski definition) is 1. The smallest absolute Gasteiger partial charge is 0.166 e. The third-order valence-electron chi connectivity index (χ3n) is 4.13. The van der Waals surface area contributed by atoms with Gasteiger partial charge in [-0.1, -0.05) is 18.2 Å². The van der Waals surface area contributed by atoms with Crippen molar-refractivity contribution in [2.24, 2.45) is 4.99 Å². The Kier molecular flexibility index (Phi) is 6.04. The van der Waals surface area contributed by atoms with E-state index in [1.165, 1.54) is 5.56 Å². The maximum atomic E-state index is 10.2. The average molecular weight is 340 g/mol. The maximum absolute atomic E-state index is 10.2. The topological polar surface area (TPSA) is 54.3 Å². The summed E-state index contributed by atoms with van der Waals surface area (Å²) in [6.07, 6.45) is 1.66. The highest BCUT2D eigenvalue weighted by molar-refractivity contribution is 5.86. The number of nitrogens with zero attached hydrogens (tertiary/aromatic N) is 2. The van der Waals surface area contributed by atoms with E-state index in [1.54, 1.807) is 12.3 Å². The van der Waals surface area contributed by atoms with Gasteiger partial charge < -0.3 is 14.6 Å². The Morgan fingerprint density at radius 3 is 2.64 bits per heavy atom. The van der Waals surface area contributed by atoms with Gasteiger partial charge in [0.15, 0.2) is 11.5 Å². The molecule has 0 unspecified atom stereocenters. The number of morpholine rings is 1. The van der Waals surface area contributed by atoms with Gasteiger partial charge in [-0.25, -0.2) is 0 Å². The van der Waals surface area contributed by atoms with E-state index in [1.807, 2.05) is 31.2 Å². The van der Waals surface area contributed by atoms with Crippen LogP contribution in [-0.4, -0.2) is 49.1 Å². The van der Waals surface area contributed by atoms with Crippen molar-refractivity contribution >= 4 is 11.9 Å². The van der Waals surface area contributed by atoms with E-state index in [4.69, 9.17) is 9.47 Å². The monoisotopic (exact) mass is 340 g/mol. The maximum Gasteiger partial charge on any atom is 0.166 e. The summed E-state index contributed by atoms with van der Waals surface area (Å²) < 4.78 is 10.8. The van der Waals surface area contributed by atoms with Crippen molar-refractivity contribution in [3.05, 3.63) is 53.6 Å². The molecule has 5 nitrogen and oxygen atoms in total. The lowest BCUT2D eigenvalue weighted by Crippen LogP contribution is -2.35. The molecule has 0 aromatic heterocycles. The zero-order valence-corrected chi connectivity index (χ0v) is 14.5. The van der Waals surface area contributed by atoms with Gasteiger partial charge in [0.05, 0.1) is 25.5 Å². The number of rotatable bonds is 6. The quantitative estimate of drug-likeness (QED) is 0.819. The molecule has 0 radical (unpaired) electrons. The highest BCUT2D eigenvalue weighted by Gasteiger charge is 2.10. The van der Waals surface area contributed by atoms with Crippen LogP contribution in [0.25, 0.3) is 0 Å². The Bertz CT molecular complexity index is 707. The summed E-state index contributed by atoms with van der Waals surface area (Å²) >= 11 is 0. The Hall–Kier alpha value is -2.37. The van der Waals surface area contributed by atoms with Crippen molar-refractivity contribution in [2.45, 2.75) is 13.5 Å². The highest BCUT2D eigenvalue weighted by atomic mass is 16.5. The van der Waals surface area contributed by atoms with Crippen molar-refractivity contribution < 1.29 is 14.6 Å². The van der Waals surface area contributed by atoms with E-state index in [0.29, 0.717) is 17.9 Å². The zero-order valence-electron chi connectivity index (χ0n) is 14.5. The fourth-order valence-electron chi connectivity index (χ4n) is 2.76. The van der Waals surface area contributed by atoms with Crippen LogP contribution in [0.3, 0.4) is 0 Å². The molecule has 0 bridgehead atoms. The van der Waals surface area contributed by atoms with Crippen LogP contribution in [-0.2, 0) is 11.3 Å². The van der Waals surface area contributed by atoms with Crippen LogP contribution < -0.4 is 4.74 Å². The van der Waals surface area contributed by atoms with Crippen molar-refractivity contribution in [1.29, 1.82) is 0 Å². The molecule has 1 N–H and O–H groups in total. The van der Waals surface area contributed by atoms with E-state index >= 15 is 0 Å². The number of para-hydroxylation sites is 1. The lowest BCUT2D eigenvalue weighted by atomic mass is 10.2. The average Bonchev–Trinajstić information content (AvgIpc) is 2.65. The summed E-state index contributed by atoms with van der Waals surface area (Å²) in [6, 6.07) is 13.6. The second-order valence-corrected chi connectivity index (χ2v) is 5.94. The van der Waals surface area contributed by atoms with Gasteiger partial charge in [0.1, 0.15) is 0 Å². The first-order chi connectivity index (χ1) is 12.3. The standard InChI is InChI=1S/C20H24N2O3/c1-2-25-19-5-3-4-17(20(19)23)14-21-18-8-6-16(7-9-18)15-22-10-12-24-13-11-22/h3-9,14,23H,2,10-13,15H2,1H3.